The number of fused-ring (bicyclic) bond motifs is 12. The molecule has 7 aromatic carbocycles. The molecule has 2 aromatic heterocycles. The zero-order chi connectivity index (χ0) is 37.6. The summed E-state index contributed by atoms with van der Waals surface area (Å²) in [5.41, 5.74) is 17.2. The van der Waals surface area contributed by atoms with E-state index in [-0.39, 0.29) is 16.2 Å². The third kappa shape index (κ3) is 4.60. The molecule has 0 unspecified atom stereocenters. The summed E-state index contributed by atoms with van der Waals surface area (Å²) in [6.07, 6.45) is 0. The Morgan fingerprint density at radius 1 is 0.455 bits per heavy atom. The summed E-state index contributed by atoms with van der Waals surface area (Å²) in [6, 6.07) is 50.4. The first-order valence-electron chi connectivity index (χ1n) is 19.5. The monoisotopic (exact) mass is 729 g/mol. The van der Waals surface area contributed by atoms with E-state index < -0.39 is 0 Å². The van der Waals surface area contributed by atoms with E-state index in [2.05, 4.69) is 187 Å². The fourth-order valence-electron chi connectivity index (χ4n) is 9.75. The normalized spacial score (nSPS) is 15.1. The molecule has 2 heterocycles. The van der Waals surface area contributed by atoms with Crippen LogP contribution in [-0.2, 0) is 16.2 Å². The van der Waals surface area contributed by atoms with Crippen molar-refractivity contribution in [2.45, 2.75) is 64.7 Å². The molecule has 0 spiro atoms. The van der Waals surface area contributed by atoms with Crippen LogP contribution in [0.25, 0.3) is 64.4 Å². The second kappa shape index (κ2) is 11.0. The number of hydrogen-bond donors (Lipinski definition) is 0. The van der Waals surface area contributed by atoms with Crippen LogP contribution in [0.4, 0.5) is 17.1 Å². The summed E-state index contributed by atoms with van der Waals surface area (Å²) >= 11 is 1.87. The molecule has 3 heteroatoms. The third-order valence-corrected chi connectivity index (χ3v) is 14.0. The molecule has 0 N–H and O–H groups in total. The smallest absolute Gasteiger partial charge is 0.136 e. The number of rotatable bonds is 3. The van der Waals surface area contributed by atoms with Crippen LogP contribution in [0.2, 0.25) is 0 Å². The molecule has 2 nitrogen and oxygen atoms in total. The lowest BCUT2D eigenvalue weighted by molar-refractivity contribution is 0.590. The molecular weight excluding hydrogens is 687 g/mol. The van der Waals surface area contributed by atoms with Crippen molar-refractivity contribution >= 4 is 70.5 Å². The average Bonchev–Trinajstić information content (AvgIpc) is 3.85. The first-order chi connectivity index (χ1) is 26.4. The van der Waals surface area contributed by atoms with Crippen molar-refractivity contribution in [1.82, 2.24) is 0 Å². The molecule has 11 rings (SSSR count). The number of thiophene rings is 1. The Kier molecular flexibility index (Phi) is 6.54. The lowest BCUT2D eigenvalue weighted by Gasteiger charge is -2.29. The van der Waals surface area contributed by atoms with Gasteiger partial charge in [-0.3, -0.25) is 0 Å². The van der Waals surface area contributed by atoms with E-state index in [0.29, 0.717) is 0 Å². The van der Waals surface area contributed by atoms with Gasteiger partial charge in [0.25, 0.3) is 0 Å². The summed E-state index contributed by atoms with van der Waals surface area (Å²) in [6.45, 7) is 16.3. The number of hydrogen-bond acceptors (Lipinski definition) is 3. The summed E-state index contributed by atoms with van der Waals surface area (Å²) in [5.74, 6) is 0. The van der Waals surface area contributed by atoms with Crippen LogP contribution in [0.15, 0.2) is 138 Å². The van der Waals surface area contributed by atoms with E-state index in [1.807, 2.05) is 11.3 Å². The van der Waals surface area contributed by atoms with Crippen LogP contribution >= 0.6 is 11.3 Å². The molecule has 268 valence electrons. The SMILES string of the molecule is CC(C)(C)c1ccc2oc3cc4c(cc3c2c1)C(C)(C)c1ccc(N(c2ccc3c(c2)C(C)(C)c2ccccc2-3)c2ccc3c(c2)sc2ccccc23)cc1-4. The molecule has 0 bridgehead atoms. The van der Waals surface area contributed by atoms with Gasteiger partial charge in [0.05, 0.1) is 0 Å². The van der Waals surface area contributed by atoms with Gasteiger partial charge < -0.3 is 9.32 Å². The zero-order valence-electron chi connectivity index (χ0n) is 32.5. The lowest BCUT2D eigenvalue weighted by atomic mass is 9.81. The van der Waals surface area contributed by atoms with Crippen LogP contribution in [-0.4, -0.2) is 0 Å². The van der Waals surface area contributed by atoms with Gasteiger partial charge in [0.15, 0.2) is 0 Å². The van der Waals surface area contributed by atoms with Crippen LogP contribution in [0.1, 0.15) is 76.3 Å². The van der Waals surface area contributed by atoms with Crippen molar-refractivity contribution in [2.24, 2.45) is 0 Å². The molecular formula is C52H43NOS. The second-order valence-corrected chi connectivity index (χ2v) is 18.9. The fourth-order valence-corrected chi connectivity index (χ4v) is 10.9. The van der Waals surface area contributed by atoms with Crippen LogP contribution < -0.4 is 4.90 Å². The molecule has 0 amide bonds. The number of nitrogens with zero attached hydrogens (tertiary/aromatic N) is 1. The quantitative estimate of drug-likeness (QED) is 0.180. The van der Waals surface area contributed by atoms with Crippen LogP contribution in [0.5, 0.6) is 0 Å². The minimum Gasteiger partial charge on any atom is -0.456 e. The minimum absolute atomic E-state index is 0.0619. The predicted octanol–water partition coefficient (Wildman–Crippen LogP) is 15.3. The molecule has 0 saturated heterocycles. The Bertz CT molecular complexity index is 3090. The summed E-state index contributed by atoms with van der Waals surface area (Å²) in [7, 11) is 0. The highest BCUT2D eigenvalue weighted by atomic mass is 32.1. The Labute approximate surface area is 326 Å². The first-order valence-corrected chi connectivity index (χ1v) is 20.3. The van der Waals surface area contributed by atoms with E-state index in [4.69, 9.17) is 4.42 Å². The van der Waals surface area contributed by atoms with Gasteiger partial charge in [-0.25, -0.2) is 0 Å². The first kappa shape index (κ1) is 32.8. The molecule has 0 saturated carbocycles. The highest BCUT2D eigenvalue weighted by Crippen LogP contribution is 2.54. The van der Waals surface area contributed by atoms with Crippen molar-refractivity contribution in [2.75, 3.05) is 4.90 Å². The molecule has 0 aliphatic heterocycles. The van der Waals surface area contributed by atoms with Gasteiger partial charge >= 0.3 is 0 Å². The van der Waals surface area contributed by atoms with E-state index in [1.165, 1.54) is 86.7 Å². The van der Waals surface area contributed by atoms with Gasteiger partial charge in [-0.1, -0.05) is 115 Å². The predicted molar refractivity (Wildman–Crippen MR) is 235 cm³/mol. The molecule has 9 aromatic rings. The number of furan rings is 1. The van der Waals surface area contributed by atoms with Crippen molar-refractivity contribution in [3.8, 4) is 22.3 Å². The van der Waals surface area contributed by atoms with Crippen molar-refractivity contribution < 1.29 is 4.42 Å². The van der Waals surface area contributed by atoms with Crippen molar-refractivity contribution in [3.05, 3.63) is 161 Å². The molecule has 0 fully saturated rings. The highest BCUT2D eigenvalue weighted by Gasteiger charge is 2.38. The molecule has 0 atom stereocenters. The van der Waals surface area contributed by atoms with Gasteiger partial charge in [0, 0.05) is 58.8 Å². The van der Waals surface area contributed by atoms with Crippen molar-refractivity contribution in [3.63, 3.8) is 0 Å². The average molecular weight is 730 g/mol. The minimum atomic E-state index is -0.160. The summed E-state index contributed by atoms with van der Waals surface area (Å²) in [5, 5.41) is 5.02. The third-order valence-electron chi connectivity index (χ3n) is 12.8. The topological polar surface area (TPSA) is 16.4 Å². The lowest BCUT2D eigenvalue weighted by Crippen LogP contribution is -2.17. The van der Waals surface area contributed by atoms with E-state index in [9.17, 15) is 0 Å². The Morgan fingerprint density at radius 3 is 1.91 bits per heavy atom. The second-order valence-electron chi connectivity index (χ2n) is 17.8. The van der Waals surface area contributed by atoms with Gasteiger partial charge in [-0.15, -0.1) is 11.3 Å². The van der Waals surface area contributed by atoms with Crippen LogP contribution in [0.3, 0.4) is 0 Å². The maximum absolute atomic E-state index is 6.59. The molecule has 55 heavy (non-hydrogen) atoms. The zero-order valence-corrected chi connectivity index (χ0v) is 33.3. The number of benzene rings is 7. The van der Waals surface area contributed by atoms with E-state index >= 15 is 0 Å². The fraction of sp³-hybridized carbons (Fsp3) is 0.192. The van der Waals surface area contributed by atoms with E-state index in [1.54, 1.807) is 0 Å². The highest BCUT2D eigenvalue weighted by molar-refractivity contribution is 7.25. The number of anilines is 3. The van der Waals surface area contributed by atoms with Crippen molar-refractivity contribution in [1.29, 1.82) is 0 Å². The van der Waals surface area contributed by atoms with Crippen LogP contribution in [0, 0.1) is 0 Å². The summed E-state index contributed by atoms with van der Waals surface area (Å²) in [4.78, 5) is 2.47. The molecule has 0 radical (unpaired) electrons. The van der Waals surface area contributed by atoms with Gasteiger partial charge in [-0.05, 0) is 122 Å². The molecule has 2 aliphatic rings. The Balaban J connectivity index is 1.11. The Morgan fingerprint density at radius 2 is 1.07 bits per heavy atom. The molecule has 2 aliphatic carbocycles. The largest absolute Gasteiger partial charge is 0.456 e. The maximum Gasteiger partial charge on any atom is 0.136 e. The van der Waals surface area contributed by atoms with Gasteiger partial charge in [-0.2, -0.15) is 0 Å². The van der Waals surface area contributed by atoms with Gasteiger partial charge in [0.1, 0.15) is 11.2 Å². The Hall–Kier alpha value is -5.64. The van der Waals surface area contributed by atoms with E-state index in [0.717, 1.165) is 22.5 Å². The van der Waals surface area contributed by atoms with Gasteiger partial charge in [0.2, 0.25) is 0 Å². The standard InChI is InChI=1S/C52H43NOS/c1-50(2,3)30-16-23-46-40(24-30)41-28-45-39(29-47(41)54-46)38-25-31(19-22-43(38)52(45,6)7)53(33-18-21-37-36-13-9-11-15-48(36)55-49(37)27-33)32-17-20-35-34-12-8-10-14-42(34)51(4,5)44(35)26-32/h8-29H,1-7H3. The summed E-state index contributed by atoms with van der Waals surface area (Å²) < 4.78 is 9.21. The maximum atomic E-state index is 6.59.